The van der Waals surface area contributed by atoms with Crippen molar-refractivity contribution in [2.75, 3.05) is 13.6 Å². The van der Waals surface area contributed by atoms with E-state index in [4.69, 9.17) is 0 Å². The molecule has 0 aliphatic heterocycles. The Morgan fingerprint density at radius 3 is 2.70 bits per heavy atom. The molecule has 0 atom stereocenters. The number of aryl methyl sites for hydroxylation is 1. The number of amides is 1. The van der Waals surface area contributed by atoms with Crippen LogP contribution < -0.4 is 0 Å². The van der Waals surface area contributed by atoms with E-state index in [1.54, 1.807) is 31.0 Å². The summed E-state index contributed by atoms with van der Waals surface area (Å²) in [6.45, 7) is 2.36. The Labute approximate surface area is 126 Å². The fourth-order valence-corrected chi connectivity index (χ4v) is 3.49. The first kappa shape index (κ1) is 15.0. The molecule has 0 radical (unpaired) electrons. The predicted octanol–water partition coefficient (Wildman–Crippen LogP) is 3.15. The molecule has 6 heteroatoms. The number of rotatable bonds is 4. The van der Waals surface area contributed by atoms with Gasteiger partial charge in [0, 0.05) is 35.6 Å². The molecule has 1 aromatic carbocycles. The van der Waals surface area contributed by atoms with Crippen molar-refractivity contribution in [1.82, 2.24) is 4.90 Å². The van der Waals surface area contributed by atoms with Gasteiger partial charge in [0.05, 0.1) is 4.92 Å². The van der Waals surface area contributed by atoms with Gasteiger partial charge in [-0.15, -0.1) is 0 Å². The maximum Gasteiger partial charge on any atom is 0.273 e. The number of alkyl halides is 1. The molecule has 2 rings (SSSR count). The molecule has 0 saturated heterocycles. The van der Waals surface area contributed by atoms with Crippen LogP contribution in [-0.2, 0) is 0 Å². The van der Waals surface area contributed by atoms with E-state index in [1.807, 2.05) is 0 Å². The molecule has 1 saturated carbocycles. The smallest absolute Gasteiger partial charge is 0.273 e. The van der Waals surface area contributed by atoms with Gasteiger partial charge >= 0.3 is 0 Å². The number of nitro benzene ring substituents is 1. The van der Waals surface area contributed by atoms with Gasteiger partial charge in [-0.1, -0.05) is 22.0 Å². The third-order valence-electron chi connectivity index (χ3n) is 3.71. The summed E-state index contributed by atoms with van der Waals surface area (Å²) in [4.78, 5) is 25.0. The second-order valence-corrected chi connectivity index (χ2v) is 6.67. The Balaban J connectivity index is 2.08. The Kier molecular flexibility index (Phi) is 4.42. The Morgan fingerprint density at radius 2 is 2.15 bits per heavy atom. The maximum atomic E-state index is 12.3. The zero-order chi connectivity index (χ0) is 14.9. The minimum Gasteiger partial charge on any atom is -0.341 e. The van der Waals surface area contributed by atoms with Crippen molar-refractivity contribution in [3.63, 3.8) is 0 Å². The summed E-state index contributed by atoms with van der Waals surface area (Å²) in [5.74, 6) is 0.361. The van der Waals surface area contributed by atoms with Gasteiger partial charge in [-0.2, -0.15) is 0 Å². The number of hydrogen-bond acceptors (Lipinski definition) is 3. The number of nitro groups is 1. The molecule has 0 N–H and O–H groups in total. The lowest BCUT2D eigenvalue weighted by molar-refractivity contribution is -0.385. The molecule has 0 bridgehead atoms. The SMILES string of the molecule is Cc1ccc(C(=O)N(C)CC2CC(Br)C2)cc1[N+](=O)[O-]. The second kappa shape index (κ2) is 5.91. The van der Waals surface area contributed by atoms with Crippen molar-refractivity contribution in [1.29, 1.82) is 0 Å². The number of benzene rings is 1. The number of nitrogens with zero attached hydrogens (tertiary/aromatic N) is 2. The van der Waals surface area contributed by atoms with Gasteiger partial charge in [-0.3, -0.25) is 14.9 Å². The largest absolute Gasteiger partial charge is 0.341 e. The third-order valence-corrected chi connectivity index (χ3v) is 4.46. The quantitative estimate of drug-likeness (QED) is 0.480. The van der Waals surface area contributed by atoms with Crippen molar-refractivity contribution in [2.45, 2.75) is 24.6 Å². The van der Waals surface area contributed by atoms with E-state index in [2.05, 4.69) is 15.9 Å². The molecule has 0 aromatic heterocycles. The van der Waals surface area contributed by atoms with Crippen LogP contribution in [0.1, 0.15) is 28.8 Å². The van der Waals surface area contributed by atoms with Crippen LogP contribution in [0.4, 0.5) is 5.69 Å². The molecule has 5 nitrogen and oxygen atoms in total. The highest BCUT2D eigenvalue weighted by Gasteiger charge is 2.29. The molecule has 1 aromatic rings. The topological polar surface area (TPSA) is 63.5 Å². The molecule has 0 unspecified atom stereocenters. The highest BCUT2D eigenvalue weighted by Crippen LogP contribution is 2.33. The number of hydrogen-bond donors (Lipinski definition) is 0. The first-order valence-electron chi connectivity index (χ1n) is 6.53. The van der Waals surface area contributed by atoms with Crippen LogP contribution in [0.5, 0.6) is 0 Å². The zero-order valence-electron chi connectivity index (χ0n) is 11.5. The van der Waals surface area contributed by atoms with Crippen LogP contribution in [0.2, 0.25) is 0 Å². The normalized spacial score (nSPS) is 21.1. The summed E-state index contributed by atoms with van der Waals surface area (Å²) in [6.07, 6.45) is 2.15. The molecular formula is C14H17BrN2O3. The van der Waals surface area contributed by atoms with Crippen LogP contribution in [0.3, 0.4) is 0 Å². The third kappa shape index (κ3) is 3.17. The molecule has 1 aliphatic carbocycles. The zero-order valence-corrected chi connectivity index (χ0v) is 13.1. The van der Waals surface area contributed by atoms with Gasteiger partial charge < -0.3 is 4.90 Å². The van der Waals surface area contributed by atoms with Crippen LogP contribution in [-0.4, -0.2) is 34.2 Å². The Hall–Kier alpha value is -1.43. The Morgan fingerprint density at radius 1 is 1.50 bits per heavy atom. The highest BCUT2D eigenvalue weighted by atomic mass is 79.9. The van der Waals surface area contributed by atoms with Crippen LogP contribution in [0.25, 0.3) is 0 Å². The van der Waals surface area contributed by atoms with Gasteiger partial charge in [0.2, 0.25) is 0 Å². The lowest BCUT2D eigenvalue weighted by Gasteiger charge is -2.34. The second-order valence-electron chi connectivity index (χ2n) is 5.38. The molecule has 1 fully saturated rings. The van der Waals surface area contributed by atoms with Gasteiger partial charge in [0.15, 0.2) is 0 Å². The van der Waals surface area contributed by atoms with Gasteiger partial charge in [0.1, 0.15) is 0 Å². The van der Waals surface area contributed by atoms with E-state index in [1.165, 1.54) is 6.07 Å². The van der Waals surface area contributed by atoms with Crippen molar-refractivity contribution in [2.24, 2.45) is 5.92 Å². The van der Waals surface area contributed by atoms with Gasteiger partial charge in [0.25, 0.3) is 11.6 Å². The van der Waals surface area contributed by atoms with Crippen LogP contribution >= 0.6 is 15.9 Å². The standard InChI is InChI=1S/C14H17BrN2O3/c1-9-3-4-11(7-13(9)17(19)20)14(18)16(2)8-10-5-12(15)6-10/h3-4,7,10,12H,5-6,8H2,1-2H3. The van der Waals surface area contributed by atoms with E-state index in [-0.39, 0.29) is 11.6 Å². The summed E-state index contributed by atoms with van der Waals surface area (Å²) >= 11 is 3.53. The summed E-state index contributed by atoms with van der Waals surface area (Å²) in [6, 6.07) is 4.63. The molecule has 108 valence electrons. The highest BCUT2D eigenvalue weighted by molar-refractivity contribution is 9.09. The van der Waals surface area contributed by atoms with Crippen LogP contribution in [0.15, 0.2) is 18.2 Å². The fraction of sp³-hybridized carbons (Fsp3) is 0.500. The van der Waals surface area contributed by atoms with Crippen molar-refractivity contribution < 1.29 is 9.72 Å². The minimum absolute atomic E-state index is 0.00610. The summed E-state index contributed by atoms with van der Waals surface area (Å²) in [5.41, 5.74) is 0.934. The molecule has 1 amide bonds. The van der Waals surface area contributed by atoms with Crippen molar-refractivity contribution in [3.8, 4) is 0 Å². The van der Waals surface area contributed by atoms with Gasteiger partial charge in [-0.25, -0.2) is 0 Å². The van der Waals surface area contributed by atoms with Crippen molar-refractivity contribution >= 4 is 27.5 Å². The summed E-state index contributed by atoms with van der Waals surface area (Å²) in [7, 11) is 1.75. The minimum atomic E-state index is -0.451. The molecule has 0 spiro atoms. The van der Waals surface area contributed by atoms with E-state index >= 15 is 0 Å². The first-order valence-corrected chi connectivity index (χ1v) is 7.44. The monoisotopic (exact) mass is 340 g/mol. The molecule has 0 heterocycles. The van der Waals surface area contributed by atoms with E-state index in [9.17, 15) is 14.9 Å². The van der Waals surface area contributed by atoms with Crippen molar-refractivity contribution in [3.05, 3.63) is 39.4 Å². The number of carbonyl (C=O) groups is 1. The average molecular weight is 341 g/mol. The summed E-state index contributed by atoms with van der Waals surface area (Å²) < 4.78 is 0. The molecule has 1 aliphatic rings. The fourth-order valence-electron chi connectivity index (χ4n) is 2.43. The van der Waals surface area contributed by atoms with Gasteiger partial charge in [-0.05, 0) is 31.7 Å². The van der Waals surface area contributed by atoms with E-state index in [0.717, 1.165) is 12.8 Å². The lowest BCUT2D eigenvalue weighted by Crippen LogP contribution is -2.37. The van der Waals surface area contributed by atoms with E-state index in [0.29, 0.717) is 28.4 Å². The molecular weight excluding hydrogens is 324 g/mol. The first-order chi connectivity index (χ1) is 9.38. The lowest BCUT2D eigenvalue weighted by atomic mass is 9.85. The number of halogens is 1. The Bertz CT molecular complexity index is 541. The summed E-state index contributed by atoms with van der Waals surface area (Å²) in [5, 5.41) is 10.9. The van der Waals surface area contributed by atoms with Crippen LogP contribution in [0, 0.1) is 23.0 Å². The van der Waals surface area contributed by atoms with E-state index < -0.39 is 4.92 Å². The number of carbonyl (C=O) groups excluding carboxylic acids is 1. The molecule has 20 heavy (non-hydrogen) atoms. The maximum absolute atomic E-state index is 12.3. The average Bonchev–Trinajstić information content (AvgIpc) is 2.36. The predicted molar refractivity (Wildman–Crippen MR) is 80.2 cm³/mol.